The minimum atomic E-state index is -0.649. The lowest BCUT2D eigenvalue weighted by Gasteiger charge is -2.41. The summed E-state index contributed by atoms with van der Waals surface area (Å²) in [7, 11) is 1.61. The van der Waals surface area contributed by atoms with Crippen molar-refractivity contribution in [1.29, 1.82) is 0 Å². The molecule has 1 aliphatic heterocycles. The van der Waals surface area contributed by atoms with Gasteiger partial charge in [0.1, 0.15) is 17.5 Å². The maximum absolute atomic E-state index is 13.5. The minimum absolute atomic E-state index is 0.0459. The zero-order valence-electron chi connectivity index (χ0n) is 17.7. The van der Waals surface area contributed by atoms with Gasteiger partial charge in [-0.15, -0.1) is 0 Å². The predicted octanol–water partition coefficient (Wildman–Crippen LogP) is 3.24. The first-order valence-corrected chi connectivity index (χ1v) is 10.4. The number of nitrogens with zero attached hydrogens (tertiary/aromatic N) is 3. The molecule has 1 fully saturated rings. The fraction of sp³-hybridized carbons (Fsp3) is 0.375. The van der Waals surface area contributed by atoms with E-state index in [2.05, 4.69) is 28.6 Å². The lowest BCUT2D eigenvalue weighted by Crippen LogP contribution is -2.59. The Labute approximate surface area is 177 Å². The molecule has 1 saturated heterocycles. The van der Waals surface area contributed by atoms with E-state index in [-0.39, 0.29) is 11.6 Å². The van der Waals surface area contributed by atoms with E-state index in [1.165, 1.54) is 0 Å². The van der Waals surface area contributed by atoms with Crippen LogP contribution in [0, 0.1) is 0 Å². The van der Waals surface area contributed by atoms with Gasteiger partial charge < -0.3 is 4.74 Å². The molecule has 0 N–H and O–H groups in total. The zero-order chi connectivity index (χ0) is 21.3. The highest BCUT2D eigenvalue weighted by molar-refractivity contribution is 6.55. The second kappa shape index (κ2) is 8.50. The fourth-order valence-corrected chi connectivity index (χ4v) is 4.19. The molecule has 30 heavy (non-hydrogen) atoms. The van der Waals surface area contributed by atoms with Crippen LogP contribution in [0.15, 0.2) is 53.5 Å². The summed E-state index contributed by atoms with van der Waals surface area (Å²) in [4.78, 5) is 36.0. The Morgan fingerprint density at radius 2 is 1.57 bits per heavy atom. The number of fused-ring (bicyclic) bond motifs is 1. The van der Waals surface area contributed by atoms with Crippen LogP contribution in [0.5, 0.6) is 5.75 Å². The summed E-state index contributed by atoms with van der Waals surface area (Å²) in [5.74, 6) is 0.504. The monoisotopic (exact) mass is 405 g/mol. The first-order valence-electron chi connectivity index (χ1n) is 10.4. The van der Waals surface area contributed by atoms with Crippen LogP contribution in [0.2, 0.25) is 0 Å². The Morgan fingerprint density at radius 1 is 0.933 bits per heavy atom. The standard InChI is InChI=1S/C24H27N3O3/c1-16(2)26-12-14-27(15-13-26)22-21(25-17-8-10-18(30-3)11-9-17)23(28)19-6-4-5-7-20(19)24(22)29/h4-11,16,22H,12-15H2,1-3H3. The van der Waals surface area contributed by atoms with E-state index in [9.17, 15) is 9.59 Å². The van der Waals surface area contributed by atoms with Crippen LogP contribution in [0.4, 0.5) is 5.69 Å². The lowest BCUT2D eigenvalue weighted by atomic mass is 9.83. The van der Waals surface area contributed by atoms with Crippen LogP contribution in [-0.4, -0.2) is 72.5 Å². The van der Waals surface area contributed by atoms with Gasteiger partial charge in [-0.1, -0.05) is 24.3 Å². The van der Waals surface area contributed by atoms with Crippen molar-refractivity contribution in [2.45, 2.75) is 25.9 Å². The van der Waals surface area contributed by atoms with E-state index >= 15 is 0 Å². The van der Waals surface area contributed by atoms with Crippen LogP contribution in [0.3, 0.4) is 0 Å². The summed E-state index contributed by atoms with van der Waals surface area (Å²) in [5.41, 5.74) is 1.87. The molecular formula is C24H27N3O3. The van der Waals surface area contributed by atoms with E-state index in [1.54, 1.807) is 49.6 Å². The predicted molar refractivity (Wildman–Crippen MR) is 117 cm³/mol. The zero-order valence-corrected chi connectivity index (χ0v) is 17.7. The number of carbonyl (C=O) groups excluding carboxylic acids is 2. The van der Waals surface area contributed by atoms with Gasteiger partial charge in [0.25, 0.3) is 0 Å². The molecule has 2 aromatic rings. The second-order valence-corrected chi connectivity index (χ2v) is 8.00. The largest absolute Gasteiger partial charge is 0.497 e. The van der Waals surface area contributed by atoms with E-state index in [1.807, 2.05) is 6.07 Å². The Morgan fingerprint density at radius 3 is 2.17 bits per heavy atom. The number of ketones is 2. The average Bonchev–Trinajstić information content (AvgIpc) is 2.78. The van der Waals surface area contributed by atoms with Gasteiger partial charge in [-0.2, -0.15) is 0 Å². The highest BCUT2D eigenvalue weighted by atomic mass is 16.5. The summed E-state index contributed by atoms with van der Waals surface area (Å²) in [6, 6.07) is 14.1. The van der Waals surface area contributed by atoms with E-state index in [0.29, 0.717) is 28.6 Å². The van der Waals surface area contributed by atoms with Crippen molar-refractivity contribution in [3.63, 3.8) is 0 Å². The molecule has 0 radical (unpaired) electrons. The fourth-order valence-electron chi connectivity index (χ4n) is 4.19. The molecule has 6 heteroatoms. The molecule has 0 saturated carbocycles. The lowest BCUT2D eigenvalue weighted by molar-refractivity contribution is 0.0697. The third-order valence-corrected chi connectivity index (χ3v) is 5.94. The molecule has 4 rings (SSSR count). The molecule has 0 amide bonds. The van der Waals surface area contributed by atoms with E-state index in [4.69, 9.17) is 4.74 Å². The number of carbonyl (C=O) groups is 2. The number of piperazine rings is 1. The van der Waals surface area contributed by atoms with Crippen molar-refractivity contribution in [1.82, 2.24) is 9.80 Å². The summed E-state index contributed by atoms with van der Waals surface area (Å²) >= 11 is 0. The first kappa shape index (κ1) is 20.4. The molecule has 0 bridgehead atoms. The smallest absolute Gasteiger partial charge is 0.210 e. The summed E-state index contributed by atoms with van der Waals surface area (Å²) in [5, 5.41) is 0. The van der Waals surface area contributed by atoms with Gasteiger partial charge in [-0.25, -0.2) is 4.99 Å². The molecular weight excluding hydrogens is 378 g/mol. The van der Waals surface area contributed by atoms with Crippen LogP contribution in [-0.2, 0) is 0 Å². The molecule has 156 valence electrons. The van der Waals surface area contributed by atoms with Gasteiger partial charge >= 0.3 is 0 Å². The summed E-state index contributed by atoms with van der Waals surface area (Å²) in [6.07, 6.45) is 0. The molecule has 0 aromatic heterocycles. The Bertz CT molecular complexity index is 973. The average molecular weight is 405 g/mol. The second-order valence-electron chi connectivity index (χ2n) is 8.00. The van der Waals surface area contributed by atoms with Crippen molar-refractivity contribution in [3.05, 3.63) is 59.7 Å². The van der Waals surface area contributed by atoms with E-state index in [0.717, 1.165) is 31.9 Å². The van der Waals surface area contributed by atoms with Gasteiger partial charge in [-0.05, 0) is 38.1 Å². The highest BCUT2D eigenvalue weighted by Gasteiger charge is 2.42. The number of benzene rings is 2. The van der Waals surface area contributed by atoms with Gasteiger partial charge in [0.15, 0.2) is 5.78 Å². The maximum atomic E-state index is 13.5. The minimum Gasteiger partial charge on any atom is -0.497 e. The molecule has 0 spiro atoms. The van der Waals surface area contributed by atoms with Gasteiger partial charge in [0.05, 0.1) is 12.8 Å². The number of ether oxygens (including phenoxy) is 1. The van der Waals surface area contributed by atoms with Gasteiger partial charge in [-0.3, -0.25) is 19.4 Å². The Hall–Kier alpha value is -2.83. The Balaban J connectivity index is 1.73. The van der Waals surface area contributed by atoms with Gasteiger partial charge in [0, 0.05) is 43.3 Å². The van der Waals surface area contributed by atoms with Crippen molar-refractivity contribution in [3.8, 4) is 5.75 Å². The normalized spacial score (nSPS) is 21.9. The number of hydrogen-bond acceptors (Lipinski definition) is 6. The third kappa shape index (κ3) is 3.80. The Kier molecular flexibility index (Phi) is 5.79. The van der Waals surface area contributed by atoms with Crippen LogP contribution in [0.25, 0.3) is 0 Å². The number of Topliss-reactive ketones (excluding diaryl/α,β-unsaturated/α-hetero) is 2. The molecule has 1 unspecified atom stereocenters. The van der Waals surface area contributed by atoms with Crippen molar-refractivity contribution in [2.24, 2.45) is 4.99 Å². The molecule has 1 heterocycles. The number of methoxy groups -OCH3 is 1. The maximum Gasteiger partial charge on any atom is 0.210 e. The molecule has 2 aliphatic rings. The highest BCUT2D eigenvalue weighted by Crippen LogP contribution is 2.27. The van der Waals surface area contributed by atoms with Crippen LogP contribution in [0.1, 0.15) is 34.6 Å². The summed E-state index contributed by atoms with van der Waals surface area (Å²) in [6.45, 7) is 7.55. The third-order valence-electron chi connectivity index (χ3n) is 5.94. The van der Waals surface area contributed by atoms with Crippen molar-refractivity contribution < 1.29 is 14.3 Å². The molecule has 2 aromatic carbocycles. The van der Waals surface area contributed by atoms with E-state index < -0.39 is 6.04 Å². The quantitative estimate of drug-likeness (QED) is 0.782. The van der Waals surface area contributed by atoms with Crippen LogP contribution >= 0.6 is 0 Å². The number of hydrogen-bond donors (Lipinski definition) is 0. The van der Waals surface area contributed by atoms with Crippen molar-refractivity contribution >= 4 is 23.0 Å². The van der Waals surface area contributed by atoms with Gasteiger partial charge in [0.2, 0.25) is 5.78 Å². The topological polar surface area (TPSA) is 62.2 Å². The summed E-state index contributed by atoms with van der Waals surface area (Å²) < 4.78 is 5.21. The SMILES string of the molecule is COc1ccc(N=C2C(=O)c3ccccc3C(=O)C2N2CCN(C(C)C)CC2)cc1. The first-order chi connectivity index (χ1) is 14.5. The molecule has 1 aliphatic carbocycles. The van der Waals surface area contributed by atoms with Crippen LogP contribution < -0.4 is 4.74 Å². The molecule has 6 nitrogen and oxygen atoms in total. The van der Waals surface area contributed by atoms with Crippen molar-refractivity contribution in [2.75, 3.05) is 33.3 Å². The number of aliphatic imine (C=N–C) groups is 1. The number of rotatable bonds is 4. The molecule has 1 atom stereocenters.